The number of aromatic nitrogens is 2. The van der Waals surface area contributed by atoms with Crippen LogP contribution in [0, 0.1) is 5.92 Å². The minimum Gasteiger partial charge on any atom is -0.391 e. The smallest absolute Gasteiger partial charge is 0.224 e. The molecule has 1 fully saturated rings. The second-order valence-electron chi connectivity index (χ2n) is 5.44. The maximum Gasteiger partial charge on any atom is 0.224 e. The number of carbonyl (C=O) groups excluding carboxylic acids is 1. The zero-order valence-electron chi connectivity index (χ0n) is 11.4. The lowest BCUT2D eigenvalue weighted by Crippen LogP contribution is -2.24. The molecule has 106 valence electrons. The summed E-state index contributed by atoms with van der Waals surface area (Å²) in [6.45, 7) is 1.40. The van der Waals surface area contributed by atoms with Gasteiger partial charge >= 0.3 is 0 Å². The Bertz CT molecular complexity index is 624. The molecule has 1 aliphatic heterocycles. The minimum atomic E-state index is -0.415. The maximum atomic E-state index is 12.0. The van der Waals surface area contributed by atoms with E-state index in [0.717, 1.165) is 17.7 Å². The van der Waals surface area contributed by atoms with Crippen LogP contribution in [0.2, 0.25) is 0 Å². The molecular formula is C14H18N4O2. The molecule has 6 nitrogen and oxygen atoms in total. The molecule has 0 saturated carbocycles. The number of anilines is 1. The third kappa shape index (κ3) is 2.66. The fourth-order valence-electron chi connectivity index (χ4n) is 2.71. The van der Waals surface area contributed by atoms with Gasteiger partial charge in [-0.3, -0.25) is 4.79 Å². The van der Waals surface area contributed by atoms with Crippen molar-refractivity contribution in [1.82, 2.24) is 14.3 Å². The number of likely N-dealkylation sites (tertiary alicyclic amines) is 1. The van der Waals surface area contributed by atoms with Crippen LogP contribution in [0.15, 0.2) is 30.9 Å². The van der Waals surface area contributed by atoms with Crippen molar-refractivity contribution in [3.05, 3.63) is 30.9 Å². The number of hydrogen-bond acceptors (Lipinski definition) is 4. The van der Waals surface area contributed by atoms with Crippen LogP contribution in [-0.4, -0.2) is 51.5 Å². The Labute approximate surface area is 117 Å². The average Bonchev–Trinajstić information content (AvgIpc) is 2.96. The van der Waals surface area contributed by atoms with E-state index in [1.165, 1.54) is 0 Å². The van der Waals surface area contributed by atoms with Crippen molar-refractivity contribution in [2.45, 2.75) is 12.5 Å². The van der Waals surface area contributed by atoms with E-state index in [2.05, 4.69) is 10.3 Å². The van der Waals surface area contributed by atoms with Gasteiger partial charge in [-0.15, -0.1) is 0 Å². The zero-order chi connectivity index (χ0) is 14.1. The van der Waals surface area contributed by atoms with E-state index >= 15 is 0 Å². The minimum absolute atomic E-state index is 0.0111. The van der Waals surface area contributed by atoms with Crippen LogP contribution in [0.25, 0.3) is 5.52 Å². The van der Waals surface area contributed by atoms with Crippen LogP contribution in [0.5, 0.6) is 0 Å². The van der Waals surface area contributed by atoms with Gasteiger partial charge in [0.1, 0.15) is 0 Å². The summed E-state index contributed by atoms with van der Waals surface area (Å²) in [5.74, 6) is -0.0548. The number of likely N-dealkylation sites (N-methyl/N-ethyl adjacent to an activating group) is 1. The number of hydrogen-bond donors (Lipinski definition) is 2. The first-order valence-electron chi connectivity index (χ1n) is 6.70. The summed E-state index contributed by atoms with van der Waals surface area (Å²) in [4.78, 5) is 18.1. The number of aliphatic hydroxyl groups excluding tert-OH is 1. The number of carbonyl (C=O) groups is 1. The molecule has 0 aliphatic carbocycles. The van der Waals surface area contributed by atoms with Crippen molar-refractivity contribution in [3.8, 4) is 0 Å². The predicted octanol–water partition coefficient (Wildman–Crippen LogP) is 0.585. The topological polar surface area (TPSA) is 69.9 Å². The molecule has 0 aromatic carbocycles. The Kier molecular flexibility index (Phi) is 3.42. The molecular weight excluding hydrogens is 256 g/mol. The van der Waals surface area contributed by atoms with Crippen LogP contribution in [0.1, 0.15) is 6.42 Å². The zero-order valence-corrected chi connectivity index (χ0v) is 11.4. The third-order valence-electron chi connectivity index (χ3n) is 3.73. The molecule has 2 aromatic heterocycles. The quantitative estimate of drug-likeness (QED) is 0.859. The van der Waals surface area contributed by atoms with Gasteiger partial charge in [-0.25, -0.2) is 4.98 Å². The predicted molar refractivity (Wildman–Crippen MR) is 75.4 cm³/mol. The van der Waals surface area contributed by atoms with Crippen molar-refractivity contribution < 1.29 is 9.90 Å². The van der Waals surface area contributed by atoms with E-state index in [9.17, 15) is 9.90 Å². The molecule has 2 atom stereocenters. The summed E-state index contributed by atoms with van der Waals surface area (Å²) in [5, 5.41) is 12.7. The molecule has 3 rings (SSSR count). The highest BCUT2D eigenvalue weighted by molar-refractivity contribution is 5.91. The number of nitrogens with one attached hydrogen (secondary N) is 1. The van der Waals surface area contributed by atoms with E-state index < -0.39 is 6.10 Å². The molecule has 1 amide bonds. The van der Waals surface area contributed by atoms with Crippen LogP contribution < -0.4 is 5.32 Å². The first-order valence-corrected chi connectivity index (χ1v) is 6.70. The molecule has 1 saturated heterocycles. The Balaban J connectivity index is 1.63. The van der Waals surface area contributed by atoms with Crippen LogP contribution in [-0.2, 0) is 4.79 Å². The lowest BCUT2D eigenvalue weighted by Gasteiger charge is -2.13. The summed E-state index contributed by atoms with van der Waals surface area (Å²) in [7, 11) is 1.95. The van der Waals surface area contributed by atoms with E-state index in [1.807, 2.05) is 34.7 Å². The van der Waals surface area contributed by atoms with Crippen molar-refractivity contribution in [2.75, 3.05) is 25.5 Å². The van der Waals surface area contributed by atoms with Gasteiger partial charge in [-0.05, 0) is 19.2 Å². The van der Waals surface area contributed by atoms with Crippen molar-refractivity contribution >= 4 is 17.1 Å². The van der Waals surface area contributed by atoms with E-state index in [4.69, 9.17) is 0 Å². The monoisotopic (exact) mass is 274 g/mol. The number of β-amino-alcohol motifs (C(OH)–C–C–N with tert-alkyl or cyclic N) is 1. The highest BCUT2D eigenvalue weighted by Gasteiger charge is 2.30. The van der Waals surface area contributed by atoms with E-state index in [-0.39, 0.29) is 11.8 Å². The second-order valence-corrected chi connectivity index (χ2v) is 5.44. The van der Waals surface area contributed by atoms with Crippen LogP contribution in [0.4, 0.5) is 5.69 Å². The number of amides is 1. The first kappa shape index (κ1) is 13.1. The van der Waals surface area contributed by atoms with Gasteiger partial charge in [0.05, 0.1) is 29.8 Å². The summed E-state index contributed by atoms with van der Waals surface area (Å²) in [6, 6.07) is 3.76. The Hall–Kier alpha value is -1.92. The number of rotatable bonds is 3. The normalized spacial score (nSPS) is 23.3. The van der Waals surface area contributed by atoms with E-state index in [1.54, 1.807) is 12.5 Å². The molecule has 0 unspecified atom stereocenters. The summed E-state index contributed by atoms with van der Waals surface area (Å²) < 4.78 is 1.85. The van der Waals surface area contributed by atoms with Gasteiger partial charge in [0.2, 0.25) is 5.91 Å². The maximum absolute atomic E-state index is 12.0. The molecule has 6 heteroatoms. The third-order valence-corrected chi connectivity index (χ3v) is 3.73. The largest absolute Gasteiger partial charge is 0.391 e. The molecule has 0 bridgehead atoms. The lowest BCUT2D eigenvalue weighted by molar-refractivity contribution is -0.117. The number of aliphatic hydroxyl groups is 1. The molecule has 1 aliphatic rings. The summed E-state index contributed by atoms with van der Waals surface area (Å²) >= 11 is 0. The fraction of sp³-hybridized carbons (Fsp3) is 0.429. The summed E-state index contributed by atoms with van der Waals surface area (Å²) in [6.07, 6.45) is 5.21. The van der Waals surface area contributed by atoms with E-state index in [0.29, 0.717) is 13.0 Å². The molecule has 2 N–H and O–H groups in total. The fourth-order valence-corrected chi connectivity index (χ4v) is 2.71. The SMILES string of the molecule is CN1C[C@@H](CC(=O)Nc2ccc3cncn3c2)[C@H](O)C1. The summed E-state index contributed by atoms with van der Waals surface area (Å²) in [5.41, 5.74) is 1.72. The lowest BCUT2D eigenvalue weighted by atomic mass is 10.0. The standard InChI is InChI=1S/C14H18N4O2/c1-17-6-10(13(19)8-17)4-14(20)16-11-2-3-12-5-15-9-18(12)7-11/h2-3,5,7,9-10,13,19H,4,6,8H2,1H3,(H,16,20)/t10-,13-/m1/s1. The highest BCUT2D eigenvalue weighted by Crippen LogP contribution is 2.20. The number of fused-ring (bicyclic) bond motifs is 1. The van der Waals surface area contributed by atoms with Crippen LogP contribution >= 0.6 is 0 Å². The van der Waals surface area contributed by atoms with Gasteiger partial charge in [-0.2, -0.15) is 0 Å². The van der Waals surface area contributed by atoms with Gasteiger partial charge in [-0.1, -0.05) is 0 Å². The van der Waals surface area contributed by atoms with Gasteiger partial charge in [0.25, 0.3) is 0 Å². The number of imidazole rings is 1. The second kappa shape index (κ2) is 5.22. The van der Waals surface area contributed by atoms with Crippen molar-refractivity contribution in [1.29, 1.82) is 0 Å². The first-order chi connectivity index (χ1) is 9.61. The van der Waals surface area contributed by atoms with Gasteiger partial charge in [0.15, 0.2) is 0 Å². The number of pyridine rings is 1. The molecule has 3 heterocycles. The Morgan fingerprint density at radius 1 is 1.50 bits per heavy atom. The molecule has 20 heavy (non-hydrogen) atoms. The highest BCUT2D eigenvalue weighted by atomic mass is 16.3. The molecule has 2 aromatic rings. The molecule has 0 spiro atoms. The Morgan fingerprint density at radius 3 is 3.10 bits per heavy atom. The van der Waals surface area contributed by atoms with Crippen LogP contribution in [0.3, 0.4) is 0 Å². The molecule has 0 radical (unpaired) electrons. The number of nitrogens with zero attached hydrogens (tertiary/aromatic N) is 3. The Morgan fingerprint density at radius 2 is 2.35 bits per heavy atom. The van der Waals surface area contributed by atoms with Gasteiger partial charge < -0.3 is 19.7 Å². The average molecular weight is 274 g/mol. The van der Waals surface area contributed by atoms with Gasteiger partial charge in [0, 0.05) is 31.6 Å². The van der Waals surface area contributed by atoms with Crippen molar-refractivity contribution in [3.63, 3.8) is 0 Å². The van der Waals surface area contributed by atoms with Crippen molar-refractivity contribution in [2.24, 2.45) is 5.92 Å².